The van der Waals surface area contributed by atoms with Crippen LogP contribution in [0.25, 0.3) is 6.08 Å². The Kier molecular flexibility index (Phi) is 5.23. The lowest BCUT2D eigenvalue weighted by atomic mass is 10.1. The first-order valence-corrected chi connectivity index (χ1v) is 8.46. The van der Waals surface area contributed by atoms with Gasteiger partial charge >= 0.3 is 0 Å². The number of hydrogen-bond donors (Lipinski definition) is 0. The number of carbonyl (C=O) groups excluding carboxylic acids is 1. The molecule has 0 bridgehead atoms. The second-order valence-electron chi connectivity index (χ2n) is 6.12. The van der Waals surface area contributed by atoms with Crippen LogP contribution in [-0.2, 0) is 0 Å². The Labute approximate surface area is 146 Å². The molecule has 0 unspecified atom stereocenters. The van der Waals surface area contributed by atoms with Gasteiger partial charge in [-0.3, -0.25) is 14.9 Å². The first-order valence-electron chi connectivity index (χ1n) is 8.46. The standard InChI is InChI=1S/C20H20N2O3/c23-20(17-7-3-1-4-8-17)12-10-16-9-11-18(19(15-16)22(24)25)21-13-5-2-6-14-21/h1,3-4,7-12,15H,2,5-6,13-14H2. The van der Waals surface area contributed by atoms with Crippen molar-refractivity contribution in [1.82, 2.24) is 0 Å². The number of carbonyl (C=O) groups is 1. The average molecular weight is 336 g/mol. The molecule has 0 spiro atoms. The zero-order chi connectivity index (χ0) is 17.6. The fourth-order valence-corrected chi connectivity index (χ4v) is 3.06. The molecular formula is C20H20N2O3. The molecule has 5 heteroatoms. The number of anilines is 1. The van der Waals surface area contributed by atoms with Crippen molar-refractivity contribution in [3.63, 3.8) is 0 Å². The molecule has 2 aromatic rings. The maximum absolute atomic E-state index is 12.1. The topological polar surface area (TPSA) is 63.5 Å². The summed E-state index contributed by atoms with van der Waals surface area (Å²) in [5.41, 5.74) is 2.00. The van der Waals surface area contributed by atoms with Gasteiger partial charge in [0.25, 0.3) is 5.69 Å². The fraction of sp³-hybridized carbons (Fsp3) is 0.250. The zero-order valence-electron chi connectivity index (χ0n) is 13.9. The number of nitro benzene ring substituents is 1. The molecule has 3 rings (SSSR count). The van der Waals surface area contributed by atoms with Gasteiger partial charge in [-0.05, 0) is 37.0 Å². The third kappa shape index (κ3) is 4.12. The number of hydrogen-bond acceptors (Lipinski definition) is 4. The summed E-state index contributed by atoms with van der Waals surface area (Å²) >= 11 is 0. The Balaban J connectivity index is 1.83. The maximum Gasteiger partial charge on any atom is 0.293 e. The second-order valence-corrected chi connectivity index (χ2v) is 6.12. The number of allylic oxidation sites excluding steroid dienone is 1. The lowest BCUT2D eigenvalue weighted by molar-refractivity contribution is -0.384. The molecule has 0 radical (unpaired) electrons. The molecular weight excluding hydrogens is 316 g/mol. The molecule has 128 valence electrons. The molecule has 0 saturated carbocycles. The number of nitrogens with zero attached hydrogens (tertiary/aromatic N) is 2. The smallest absolute Gasteiger partial charge is 0.293 e. The lowest BCUT2D eigenvalue weighted by Crippen LogP contribution is -2.29. The van der Waals surface area contributed by atoms with E-state index in [-0.39, 0.29) is 16.4 Å². The molecule has 0 amide bonds. The highest BCUT2D eigenvalue weighted by Crippen LogP contribution is 2.31. The van der Waals surface area contributed by atoms with Gasteiger partial charge in [-0.2, -0.15) is 0 Å². The summed E-state index contributed by atoms with van der Waals surface area (Å²) in [5.74, 6) is -0.122. The van der Waals surface area contributed by atoms with Gasteiger partial charge in [0.05, 0.1) is 4.92 Å². The third-order valence-electron chi connectivity index (χ3n) is 4.38. The molecule has 1 fully saturated rings. The monoisotopic (exact) mass is 336 g/mol. The Bertz CT molecular complexity index is 794. The second kappa shape index (κ2) is 7.75. The van der Waals surface area contributed by atoms with Crippen LogP contribution in [0.1, 0.15) is 35.2 Å². The number of benzene rings is 2. The van der Waals surface area contributed by atoms with Gasteiger partial charge in [0.15, 0.2) is 5.78 Å². The highest BCUT2D eigenvalue weighted by atomic mass is 16.6. The van der Waals surface area contributed by atoms with Crippen molar-refractivity contribution < 1.29 is 9.72 Å². The highest BCUT2D eigenvalue weighted by molar-refractivity contribution is 6.06. The minimum absolute atomic E-state index is 0.0937. The summed E-state index contributed by atoms with van der Waals surface area (Å²) in [5, 5.41) is 11.5. The largest absolute Gasteiger partial charge is 0.366 e. The van der Waals surface area contributed by atoms with Crippen molar-refractivity contribution in [2.75, 3.05) is 18.0 Å². The van der Waals surface area contributed by atoms with Gasteiger partial charge in [0.2, 0.25) is 0 Å². The summed E-state index contributed by atoms with van der Waals surface area (Å²) in [6.45, 7) is 1.70. The van der Waals surface area contributed by atoms with Crippen LogP contribution in [0.3, 0.4) is 0 Å². The quantitative estimate of drug-likeness (QED) is 0.349. The van der Waals surface area contributed by atoms with Crippen LogP contribution in [0.4, 0.5) is 11.4 Å². The van der Waals surface area contributed by atoms with E-state index < -0.39 is 0 Å². The fourth-order valence-electron chi connectivity index (χ4n) is 3.06. The molecule has 2 aromatic carbocycles. The minimum Gasteiger partial charge on any atom is -0.366 e. The van der Waals surface area contributed by atoms with Gasteiger partial charge in [0, 0.05) is 24.7 Å². The molecule has 1 aliphatic rings. The molecule has 1 aliphatic heterocycles. The van der Waals surface area contributed by atoms with E-state index >= 15 is 0 Å². The van der Waals surface area contributed by atoms with Crippen molar-refractivity contribution in [2.24, 2.45) is 0 Å². The molecule has 25 heavy (non-hydrogen) atoms. The van der Waals surface area contributed by atoms with E-state index in [1.807, 2.05) is 12.1 Å². The molecule has 1 saturated heterocycles. The van der Waals surface area contributed by atoms with Gasteiger partial charge in [-0.1, -0.05) is 42.5 Å². The SMILES string of the molecule is O=C(C=Cc1ccc(N2CCCCC2)c([N+](=O)[O-])c1)c1ccccc1. The van der Waals surface area contributed by atoms with Crippen molar-refractivity contribution in [3.8, 4) is 0 Å². The first-order chi connectivity index (χ1) is 12.1. The van der Waals surface area contributed by atoms with Crippen LogP contribution >= 0.6 is 0 Å². The van der Waals surface area contributed by atoms with Crippen LogP contribution in [0.2, 0.25) is 0 Å². The van der Waals surface area contributed by atoms with E-state index in [9.17, 15) is 14.9 Å². The summed E-state index contributed by atoms with van der Waals surface area (Å²) in [6, 6.07) is 14.1. The molecule has 0 N–H and O–H groups in total. The number of piperidine rings is 1. The van der Waals surface area contributed by atoms with E-state index in [0.29, 0.717) is 16.8 Å². The molecule has 1 heterocycles. The van der Waals surface area contributed by atoms with E-state index in [4.69, 9.17) is 0 Å². The highest BCUT2D eigenvalue weighted by Gasteiger charge is 2.21. The Hall–Kier alpha value is -2.95. The van der Waals surface area contributed by atoms with E-state index in [2.05, 4.69) is 4.90 Å². The zero-order valence-corrected chi connectivity index (χ0v) is 13.9. The summed E-state index contributed by atoms with van der Waals surface area (Å²) in [6.07, 6.45) is 6.37. The Morgan fingerprint density at radius 3 is 2.44 bits per heavy atom. The average Bonchev–Trinajstić information content (AvgIpc) is 2.67. The number of ketones is 1. The number of nitro groups is 1. The Morgan fingerprint density at radius 1 is 1.04 bits per heavy atom. The first kappa shape index (κ1) is 16.9. The third-order valence-corrected chi connectivity index (χ3v) is 4.38. The van der Waals surface area contributed by atoms with E-state index in [1.54, 1.807) is 42.5 Å². The van der Waals surface area contributed by atoms with Crippen LogP contribution in [0.15, 0.2) is 54.6 Å². The van der Waals surface area contributed by atoms with Gasteiger partial charge in [0.1, 0.15) is 5.69 Å². The van der Waals surface area contributed by atoms with Gasteiger partial charge in [-0.15, -0.1) is 0 Å². The van der Waals surface area contributed by atoms with Gasteiger partial charge < -0.3 is 4.90 Å². The lowest BCUT2D eigenvalue weighted by Gasteiger charge is -2.28. The van der Waals surface area contributed by atoms with Crippen LogP contribution in [0.5, 0.6) is 0 Å². The van der Waals surface area contributed by atoms with E-state index in [1.165, 1.54) is 12.5 Å². The molecule has 0 aliphatic carbocycles. The van der Waals surface area contributed by atoms with Crippen molar-refractivity contribution >= 4 is 23.2 Å². The summed E-state index contributed by atoms with van der Waals surface area (Å²) in [4.78, 5) is 25.3. The van der Waals surface area contributed by atoms with E-state index in [0.717, 1.165) is 25.9 Å². The van der Waals surface area contributed by atoms with Crippen molar-refractivity contribution in [3.05, 3.63) is 75.8 Å². The normalized spacial score (nSPS) is 14.6. The van der Waals surface area contributed by atoms with Gasteiger partial charge in [-0.25, -0.2) is 0 Å². The van der Waals surface area contributed by atoms with Crippen LogP contribution in [-0.4, -0.2) is 23.8 Å². The maximum atomic E-state index is 12.1. The van der Waals surface area contributed by atoms with Crippen LogP contribution in [0, 0.1) is 10.1 Å². The van der Waals surface area contributed by atoms with Crippen LogP contribution < -0.4 is 4.90 Å². The predicted molar refractivity (Wildman–Crippen MR) is 99.0 cm³/mol. The van der Waals surface area contributed by atoms with Crippen molar-refractivity contribution in [1.29, 1.82) is 0 Å². The molecule has 5 nitrogen and oxygen atoms in total. The molecule has 0 aromatic heterocycles. The molecule has 0 atom stereocenters. The minimum atomic E-state index is -0.347. The number of rotatable bonds is 5. The van der Waals surface area contributed by atoms with Crippen molar-refractivity contribution in [2.45, 2.75) is 19.3 Å². The summed E-state index contributed by atoms with van der Waals surface area (Å²) < 4.78 is 0. The predicted octanol–water partition coefficient (Wildman–Crippen LogP) is 4.48. The Morgan fingerprint density at radius 2 is 1.76 bits per heavy atom. The summed E-state index contributed by atoms with van der Waals surface area (Å²) in [7, 11) is 0.